The number of anilines is 2. The Hall–Kier alpha value is -2.54. The van der Waals surface area contributed by atoms with Gasteiger partial charge < -0.3 is 10.6 Å². The molecule has 0 aliphatic rings. The zero-order valence-electron chi connectivity index (χ0n) is 13.8. The van der Waals surface area contributed by atoms with Crippen molar-refractivity contribution in [2.45, 2.75) is 25.9 Å². The van der Waals surface area contributed by atoms with Gasteiger partial charge in [-0.1, -0.05) is 23.7 Å². The molecule has 0 aromatic heterocycles. The average molecular weight is 385 g/mol. The molecule has 0 atom stereocenters. The van der Waals surface area contributed by atoms with Gasteiger partial charge in [-0.05, 0) is 42.3 Å². The molecule has 0 saturated carbocycles. The minimum absolute atomic E-state index is 0.00369. The molecular weight excluding hydrogens is 369 g/mol. The van der Waals surface area contributed by atoms with Crippen LogP contribution in [0.4, 0.5) is 24.5 Å². The summed E-state index contributed by atoms with van der Waals surface area (Å²) in [5, 5.41) is 5.13. The van der Waals surface area contributed by atoms with Gasteiger partial charge >= 0.3 is 6.18 Å². The van der Waals surface area contributed by atoms with Crippen molar-refractivity contribution in [1.82, 2.24) is 0 Å². The highest BCUT2D eigenvalue weighted by Gasteiger charge is 2.34. The van der Waals surface area contributed by atoms with Gasteiger partial charge in [-0.15, -0.1) is 0 Å². The van der Waals surface area contributed by atoms with E-state index in [9.17, 15) is 22.8 Å². The molecule has 0 fully saturated rings. The van der Waals surface area contributed by atoms with E-state index in [1.807, 2.05) is 0 Å². The fourth-order valence-corrected chi connectivity index (χ4v) is 2.42. The third kappa shape index (κ3) is 5.77. The maximum atomic E-state index is 13.2. The van der Waals surface area contributed by atoms with Crippen LogP contribution in [0.2, 0.25) is 5.02 Å². The van der Waals surface area contributed by atoms with Crippen LogP contribution in [0.25, 0.3) is 0 Å². The smallest absolute Gasteiger partial charge is 0.326 e. The molecule has 2 aromatic carbocycles. The van der Waals surface area contributed by atoms with Gasteiger partial charge in [0, 0.05) is 24.1 Å². The van der Waals surface area contributed by atoms with E-state index >= 15 is 0 Å². The topological polar surface area (TPSA) is 58.2 Å². The molecule has 0 bridgehead atoms. The van der Waals surface area contributed by atoms with Crippen molar-refractivity contribution in [3.63, 3.8) is 0 Å². The van der Waals surface area contributed by atoms with Crippen LogP contribution in [-0.4, -0.2) is 11.8 Å². The van der Waals surface area contributed by atoms with Gasteiger partial charge in [-0.25, -0.2) is 0 Å². The summed E-state index contributed by atoms with van der Waals surface area (Å²) < 4.78 is 39.7. The highest BCUT2D eigenvalue weighted by Crippen LogP contribution is 2.36. The van der Waals surface area contributed by atoms with Crippen LogP contribution >= 0.6 is 11.6 Å². The lowest BCUT2D eigenvalue weighted by atomic mass is 10.1. The Morgan fingerprint density at radius 2 is 1.69 bits per heavy atom. The van der Waals surface area contributed by atoms with E-state index in [1.54, 1.807) is 24.3 Å². The first-order valence-corrected chi connectivity index (χ1v) is 8.06. The lowest BCUT2D eigenvalue weighted by molar-refractivity contribution is -0.137. The number of amides is 2. The highest BCUT2D eigenvalue weighted by atomic mass is 35.5. The maximum absolute atomic E-state index is 13.2. The summed E-state index contributed by atoms with van der Waals surface area (Å²) in [5.74, 6) is -1.03. The van der Waals surface area contributed by atoms with Crippen LogP contribution in [0, 0.1) is 0 Å². The van der Waals surface area contributed by atoms with Gasteiger partial charge in [0.15, 0.2) is 0 Å². The van der Waals surface area contributed by atoms with Gasteiger partial charge in [0.25, 0.3) is 0 Å². The molecule has 2 aromatic rings. The van der Waals surface area contributed by atoms with Crippen LogP contribution < -0.4 is 10.6 Å². The summed E-state index contributed by atoms with van der Waals surface area (Å²) in [4.78, 5) is 23.0. The lowest BCUT2D eigenvalue weighted by Gasteiger charge is -2.15. The summed E-state index contributed by atoms with van der Waals surface area (Å²) in [6.07, 6.45) is -4.28. The van der Waals surface area contributed by atoms with Gasteiger partial charge in [0.1, 0.15) is 0 Å². The predicted molar refractivity (Wildman–Crippen MR) is 94.2 cm³/mol. The molecule has 0 saturated heterocycles. The van der Waals surface area contributed by atoms with E-state index in [1.165, 1.54) is 13.0 Å². The van der Waals surface area contributed by atoms with E-state index < -0.39 is 23.6 Å². The van der Waals surface area contributed by atoms with Crippen molar-refractivity contribution >= 4 is 34.8 Å². The Morgan fingerprint density at radius 1 is 1.04 bits per heavy atom. The number of rotatable bonds is 5. The van der Waals surface area contributed by atoms with Gasteiger partial charge in [-0.2, -0.15) is 13.2 Å². The average Bonchev–Trinajstić information content (AvgIpc) is 2.54. The minimum atomic E-state index is -4.67. The lowest BCUT2D eigenvalue weighted by Crippen LogP contribution is -2.17. The van der Waals surface area contributed by atoms with Crippen LogP contribution in [-0.2, 0) is 22.2 Å². The molecule has 0 aliphatic heterocycles. The molecule has 0 unspecified atom stereocenters. The second kappa shape index (κ2) is 8.23. The quantitative estimate of drug-likeness (QED) is 0.771. The Labute approximate surface area is 153 Å². The summed E-state index contributed by atoms with van der Waals surface area (Å²) in [6.45, 7) is 1.19. The monoisotopic (exact) mass is 384 g/mol. The Balaban J connectivity index is 2.10. The molecule has 0 aliphatic carbocycles. The summed E-state index contributed by atoms with van der Waals surface area (Å²) >= 11 is 5.77. The molecule has 138 valence electrons. The molecular formula is C18H16ClF3N2O2. The number of nitrogens with one attached hydrogen (secondary N) is 2. The molecule has 2 amide bonds. The Kier molecular flexibility index (Phi) is 6.26. The second-order valence-corrected chi connectivity index (χ2v) is 6.05. The number of benzene rings is 2. The van der Waals surface area contributed by atoms with Gasteiger partial charge in [0.2, 0.25) is 11.8 Å². The van der Waals surface area contributed by atoms with E-state index in [0.717, 1.165) is 17.7 Å². The van der Waals surface area contributed by atoms with Crippen molar-refractivity contribution < 1.29 is 22.8 Å². The first-order chi connectivity index (χ1) is 12.1. The number of carbonyl (C=O) groups excluding carboxylic acids is 2. The zero-order valence-corrected chi connectivity index (χ0v) is 14.5. The number of alkyl halides is 3. The van der Waals surface area contributed by atoms with Crippen molar-refractivity contribution in [3.05, 3.63) is 58.6 Å². The van der Waals surface area contributed by atoms with Crippen molar-refractivity contribution in [2.75, 3.05) is 10.6 Å². The van der Waals surface area contributed by atoms with E-state index in [-0.39, 0.29) is 17.8 Å². The Bertz CT molecular complexity index is 805. The fraction of sp³-hybridized carbons (Fsp3) is 0.222. The number of halogens is 4. The zero-order chi connectivity index (χ0) is 19.3. The van der Waals surface area contributed by atoms with Crippen LogP contribution in [0.15, 0.2) is 42.5 Å². The first-order valence-electron chi connectivity index (χ1n) is 7.68. The van der Waals surface area contributed by atoms with Crippen molar-refractivity contribution in [2.24, 2.45) is 0 Å². The molecule has 26 heavy (non-hydrogen) atoms. The van der Waals surface area contributed by atoms with Crippen LogP contribution in [0.5, 0.6) is 0 Å². The number of carbonyl (C=O) groups is 2. The molecule has 2 rings (SSSR count). The van der Waals surface area contributed by atoms with Crippen molar-refractivity contribution in [3.8, 4) is 0 Å². The predicted octanol–water partition coefficient (Wildman–Crippen LogP) is 4.89. The van der Waals surface area contributed by atoms with Gasteiger partial charge in [0.05, 0.1) is 11.3 Å². The number of hydrogen-bond acceptors (Lipinski definition) is 2. The minimum Gasteiger partial charge on any atom is -0.326 e. The standard InChI is InChI=1S/C18H16ClF3N2O2/c1-11(25)23-14-7-8-16(15(10-14)18(20,21)22)24-17(26)9-4-12-2-5-13(19)6-3-12/h2-3,5-8,10H,4,9H2,1H3,(H,23,25)(H,24,26). The summed E-state index contributed by atoms with van der Waals surface area (Å²) in [5.41, 5.74) is -0.526. The number of aryl methyl sites for hydroxylation is 1. The third-order valence-corrected chi connectivity index (χ3v) is 3.73. The second-order valence-electron chi connectivity index (χ2n) is 5.61. The number of hydrogen-bond donors (Lipinski definition) is 2. The largest absolute Gasteiger partial charge is 0.418 e. The van der Waals surface area contributed by atoms with Crippen LogP contribution in [0.3, 0.4) is 0 Å². The third-order valence-electron chi connectivity index (χ3n) is 3.47. The molecule has 0 heterocycles. The normalized spacial score (nSPS) is 11.1. The summed E-state index contributed by atoms with van der Waals surface area (Å²) in [7, 11) is 0. The van der Waals surface area contributed by atoms with E-state index in [0.29, 0.717) is 11.4 Å². The van der Waals surface area contributed by atoms with Crippen molar-refractivity contribution in [1.29, 1.82) is 0 Å². The SMILES string of the molecule is CC(=O)Nc1ccc(NC(=O)CCc2ccc(Cl)cc2)c(C(F)(F)F)c1. The molecule has 0 spiro atoms. The molecule has 0 radical (unpaired) electrons. The molecule has 4 nitrogen and oxygen atoms in total. The first kappa shape index (κ1) is 19.8. The molecule has 2 N–H and O–H groups in total. The molecule has 8 heteroatoms. The van der Waals surface area contributed by atoms with E-state index in [4.69, 9.17) is 11.6 Å². The van der Waals surface area contributed by atoms with Gasteiger partial charge in [-0.3, -0.25) is 9.59 Å². The highest BCUT2D eigenvalue weighted by molar-refractivity contribution is 6.30. The maximum Gasteiger partial charge on any atom is 0.418 e. The van der Waals surface area contributed by atoms with E-state index in [2.05, 4.69) is 10.6 Å². The fourth-order valence-electron chi connectivity index (χ4n) is 2.29. The Morgan fingerprint density at radius 3 is 2.27 bits per heavy atom. The summed E-state index contributed by atoms with van der Waals surface area (Å²) in [6, 6.07) is 10.1. The van der Waals surface area contributed by atoms with Crippen LogP contribution in [0.1, 0.15) is 24.5 Å².